The van der Waals surface area contributed by atoms with Crippen LogP contribution in [0.5, 0.6) is 0 Å². The smallest absolute Gasteiger partial charge is 0.169 e. The second kappa shape index (κ2) is 8.86. The molecule has 0 aliphatic carbocycles. The van der Waals surface area contributed by atoms with E-state index < -0.39 is 17.8 Å². The van der Waals surface area contributed by atoms with E-state index in [9.17, 15) is 14.0 Å². The van der Waals surface area contributed by atoms with E-state index in [1.54, 1.807) is 62.0 Å². The number of nitrogens with zero attached hydrogens (tertiary/aromatic N) is 3. The van der Waals surface area contributed by atoms with Gasteiger partial charge >= 0.3 is 0 Å². The van der Waals surface area contributed by atoms with Crippen molar-refractivity contribution in [2.45, 2.75) is 12.8 Å². The number of rotatable bonds is 5. The molecule has 31 heavy (non-hydrogen) atoms. The third-order valence-corrected chi connectivity index (χ3v) is 6.12. The van der Waals surface area contributed by atoms with Crippen molar-refractivity contribution in [1.29, 1.82) is 0 Å². The van der Waals surface area contributed by atoms with Crippen LogP contribution in [-0.4, -0.2) is 46.6 Å². The predicted octanol–water partition coefficient (Wildman–Crippen LogP) is 3.95. The van der Waals surface area contributed by atoms with Crippen LogP contribution < -0.4 is 0 Å². The molecule has 0 unspecified atom stereocenters. The molecule has 3 aromatic rings. The number of carbonyl (C=O) groups excluding carboxylic acids is 2. The van der Waals surface area contributed by atoms with Gasteiger partial charge in [-0.1, -0.05) is 12.1 Å². The van der Waals surface area contributed by atoms with Crippen molar-refractivity contribution in [2.24, 2.45) is 11.8 Å². The van der Waals surface area contributed by atoms with E-state index in [1.807, 2.05) is 18.0 Å². The Bertz CT molecular complexity index is 1030. The van der Waals surface area contributed by atoms with E-state index >= 15 is 0 Å². The highest BCUT2D eigenvalue weighted by atomic mass is 19.1. The first-order valence-electron chi connectivity index (χ1n) is 10.3. The van der Waals surface area contributed by atoms with Gasteiger partial charge in [0.1, 0.15) is 5.82 Å². The summed E-state index contributed by atoms with van der Waals surface area (Å²) in [5.74, 6) is -1.97. The number of pyridine rings is 2. The number of piperidine rings is 1. The molecule has 3 atom stereocenters. The Labute approximate surface area is 181 Å². The van der Waals surface area contributed by atoms with Crippen LogP contribution in [0.2, 0.25) is 0 Å². The third-order valence-electron chi connectivity index (χ3n) is 6.12. The van der Waals surface area contributed by atoms with E-state index in [4.69, 9.17) is 0 Å². The maximum Gasteiger partial charge on any atom is 0.169 e. The van der Waals surface area contributed by atoms with Gasteiger partial charge in [-0.2, -0.15) is 0 Å². The SMILES string of the molecule is Cc1c(F)cccc1[C@H]1[C@@H](C(=O)c2cccnc2)CN(C)C[C@H]1C(=O)c1cccnc1. The number of benzene rings is 1. The average molecular weight is 417 g/mol. The van der Waals surface area contributed by atoms with Crippen molar-refractivity contribution in [1.82, 2.24) is 14.9 Å². The summed E-state index contributed by atoms with van der Waals surface area (Å²) in [6.07, 6.45) is 6.33. The number of hydrogen-bond acceptors (Lipinski definition) is 5. The van der Waals surface area contributed by atoms with Gasteiger partial charge in [-0.15, -0.1) is 0 Å². The third kappa shape index (κ3) is 4.16. The zero-order chi connectivity index (χ0) is 22.0. The molecular formula is C25H24FN3O2. The molecular weight excluding hydrogens is 393 g/mol. The molecule has 0 spiro atoms. The molecule has 4 rings (SSSR count). The lowest BCUT2D eigenvalue weighted by molar-refractivity contribution is 0.0622. The highest BCUT2D eigenvalue weighted by Gasteiger charge is 2.44. The lowest BCUT2D eigenvalue weighted by atomic mass is 9.68. The maximum atomic E-state index is 14.5. The van der Waals surface area contributed by atoms with Crippen LogP contribution in [0.1, 0.15) is 37.8 Å². The highest BCUT2D eigenvalue weighted by Crippen LogP contribution is 2.41. The van der Waals surface area contributed by atoms with Gasteiger partial charge in [0.25, 0.3) is 0 Å². The molecule has 0 N–H and O–H groups in total. The van der Waals surface area contributed by atoms with Gasteiger partial charge in [0, 0.05) is 66.8 Å². The van der Waals surface area contributed by atoms with Crippen molar-refractivity contribution < 1.29 is 14.0 Å². The first kappa shape index (κ1) is 21.0. The van der Waals surface area contributed by atoms with Crippen molar-refractivity contribution >= 4 is 11.6 Å². The van der Waals surface area contributed by atoms with Crippen LogP contribution in [0.4, 0.5) is 4.39 Å². The van der Waals surface area contributed by atoms with Gasteiger partial charge in [0.2, 0.25) is 0 Å². The second-order valence-corrected chi connectivity index (χ2v) is 8.13. The van der Waals surface area contributed by atoms with Gasteiger partial charge in [-0.25, -0.2) is 4.39 Å². The number of likely N-dealkylation sites (tertiary alicyclic amines) is 1. The monoisotopic (exact) mass is 417 g/mol. The molecule has 0 saturated carbocycles. The lowest BCUT2D eigenvalue weighted by Gasteiger charge is -2.42. The summed E-state index contributed by atoms with van der Waals surface area (Å²) in [5, 5.41) is 0. The summed E-state index contributed by atoms with van der Waals surface area (Å²) in [6, 6.07) is 11.8. The van der Waals surface area contributed by atoms with E-state index in [2.05, 4.69) is 9.97 Å². The predicted molar refractivity (Wildman–Crippen MR) is 115 cm³/mol. The first-order valence-corrected chi connectivity index (χ1v) is 10.3. The normalized spacial score (nSPS) is 21.6. The van der Waals surface area contributed by atoms with Crippen molar-refractivity contribution in [2.75, 3.05) is 20.1 Å². The molecule has 158 valence electrons. The fraction of sp³-hybridized carbons (Fsp3) is 0.280. The van der Waals surface area contributed by atoms with Crippen LogP contribution in [0.15, 0.2) is 67.3 Å². The van der Waals surface area contributed by atoms with E-state index in [1.165, 1.54) is 6.07 Å². The van der Waals surface area contributed by atoms with Gasteiger partial charge in [-0.05, 0) is 55.4 Å². The molecule has 1 aliphatic heterocycles. The highest BCUT2D eigenvalue weighted by molar-refractivity contribution is 6.02. The molecule has 5 nitrogen and oxygen atoms in total. The Morgan fingerprint density at radius 3 is 1.94 bits per heavy atom. The van der Waals surface area contributed by atoms with Crippen molar-refractivity contribution in [3.8, 4) is 0 Å². The zero-order valence-electron chi connectivity index (χ0n) is 17.5. The number of Topliss-reactive ketones (excluding diaryl/α,β-unsaturated/α-hetero) is 2. The molecule has 1 aromatic carbocycles. The minimum atomic E-state index is -0.505. The quantitative estimate of drug-likeness (QED) is 0.588. The number of hydrogen-bond donors (Lipinski definition) is 0. The van der Waals surface area contributed by atoms with Gasteiger partial charge < -0.3 is 4.90 Å². The molecule has 1 fully saturated rings. The summed E-state index contributed by atoms with van der Waals surface area (Å²) in [4.78, 5) is 37.3. The van der Waals surface area contributed by atoms with Crippen molar-refractivity contribution in [3.05, 3.63) is 95.3 Å². The summed E-state index contributed by atoms with van der Waals surface area (Å²) >= 11 is 0. The largest absolute Gasteiger partial charge is 0.305 e. The van der Waals surface area contributed by atoms with E-state index in [-0.39, 0.29) is 17.4 Å². The summed E-state index contributed by atoms with van der Waals surface area (Å²) in [5.41, 5.74) is 2.17. The molecule has 2 aromatic heterocycles. The van der Waals surface area contributed by atoms with Crippen molar-refractivity contribution in [3.63, 3.8) is 0 Å². The van der Waals surface area contributed by atoms with E-state index in [0.29, 0.717) is 35.3 Å². The fourth-order valence-electron chi connectivity index (χ4n) is 4.61. The Balaban J connectivity index is 1.83. The topological polar surface area (TPSA) is 63.2 Å². The van der Waals surface area contributed by atoms with Gasteiger partial charge in [0.15, 0.2) is 11.6 Å². The minimum Gasteiger partial charge on any atom is -0.305 e. The molecule has 1 aliphatic rings. The standard InChI is InChI=1S/C25H24FN3O2/c1-16-19(8-3-9-22(16)26)23-20(24(30)17-6-4-10-27-12-17)14-29(2)15-21(23)25(31)18-7-5-11-28-13-18/h3-13,20-21,23H,14-15H2,1-2H3/t20-,21+,23-. The number of carbonyl (C=O) groups is 2. The van der Waals surface area contributed by atoms with Crippen LogP contribution in [0.25, 0.3) is 0 Å². The van der Waals surface area contributed by atoms with Crippen LogP contribution in [0.3, 0.4) is 0 Å². The van der Waals surface area contributed by atoms with E-state index in [0.717, 1.165) is 0 Å². The average Bonchev–Trinajstić information content (AvgIpc) is 2.81. The molecule has 6 heteroatoms. The Morgan fingerprint density at radius 2 is 1.45 bits per heavy atom. The fourth-order valence-corrected chi connectivity index (χ4v) is 4.61. The molecule has 1 saturated heterocycles. The first-order chi connectivity index (χ1) is 15.0. The van der Waals surface area contributed by atoms with Gasteiger partial charge in [-0.3, -0.25) is 19.6 Å². The summed E-state index contributed by atoms with van der Waals surface area (Å²) in [6.45, 7) is 2.66. The van der Waals surface area contributed by atoms with Gasteiger partial charge in [0.05, 0.1) is 0 Å². The zero-order valence-corrected chi connectivity index (χ0v) is 17.5. The number of halogens is 1. The maximum absolute atomic E-state index is 14.5. The molecule has 0 bridgehead atoms. The Hall–Kier alpha value is -3.25. The minimum absolute atomic E-state index is 0.0858. The van der Waals surface area contributed by atoms with Crippen LogP contribution in [-0.2, 0) is 0 Å². The Kier molecular flexibility index (Phi) is 6.00. The molecule has 3 heterocycles. The lowest BCUT2D eigenvalue weighted by Crippen LogP contribution is -2.49. The Morgan fingerprint density at radius 1 is 0.903 bits per heavy atom. The summed E-state index contributed by atoms with van der Waals surface area (Å²) in [7, 11) is 1.90. The summed E-state index contributed by atoms with van der Waals surface area (Å²) < 4.78 is 14.5. The molecule has 0 radical (unpaired) electrons. The molecule has 0 amide bonds. The van der Waals surface area contributed by atoms with Crippen LogP contribution >= 0.6 is 0 Å². The number of aromatic nitrogens is 2. The second-order valence-electron chi connectivity index (χ2n) is 8.13. The number of ketones is 2. The van der Waals surface area contributed by atoms with Crippen LogP contribution in [0, 0.1) is 24.6 Å².